The van der Waals surface area contributed by atoms with Crippen LogP contribution < -0.4 is 10.2 Å². The summed E-state index contributed by atoms with van der Waals surface area (Å²) in [6, 6.07) is 13.2. The van der Waals surface area contributed by atoms with E-state index in [-0.39, 0.29) is 23.8 Å². The SMILES string of the molecule is Cc1ccc(S(=O)(=O)N(C)CC(=O)N2c3ccccc3NC(=O)CC2C)c2cccnc12. The largest absolute Gasteiger partial charge is 0.324 e. The predicted octanol–water partition coefficient (Wildman–Crippen LogP) is 2.93. The van der Waals surface area contributed by atoms with Gasteiger partial charge in [-0.1, -0.05) is 18.2 Å². The molecule has 2 aromatic carbocycles. The fourth-order valence-electron chi connectivity index (χ4n) is 4.00. The number of likely N-dealkylation sites (N-methyl/N-ethyl adjacent to an activating group) is 1. The van der Waals surface area contributed by atoms with Crippen molar-refractivity contribution in [2.24, 2.45) is 0 Å². The summed E-state index contributed by atoms with van der Waals surface area (Å²) in [6.45, 7) is 3.27. The number of rotatable bonds is 4. The average Bonchev–Trinajstić information content (AvgIpc) is 2.88. The van der Waals surface area contributed by atoms with Crippen LogP contribution in [0.4, 0.5) is 11.4 Å². The summed E-state index contributed by atoms with van der Waals surface area (Å²) in [7, 11) is -2.59. The van der Waals surface area contributed by atoms with Crippen LogP contribution in [-0.4, -0.2) is 49.2 Å². The molecule has 1 atom stereocenters. The van der Waals surface area contributed by atoms with Crippen LogP contribution in [-0.2, 0) is 19.6 Å². The number of anilines is 2. The highest BCUT2D eigenvalue weighted by molar-refractivity contribution is 7.89. The molecule has 0 bridgehead atoms. The van der Waals surface area contributed by atoms with Crippen LogP contribution >= 0.6 is 0 Å². The van der Waals surface area contributed by atoms with Gasteiger partial charge in [0.1, 0.15) is 0 Å². The number of amides is 2. The number of hydrogen-bond acceptors (Lipinski definition) is 5. The van der Waals surface area contributed by atoms with Crippen molar-refractivity contribution >= 4 is 44.1 Å². The zero-order valence-corrected chi connectivity index (χ0v) is 18.9. The molecule has 1 aliphatic heterocycles. The van der Waals surface area contributed by atoms with E-state index in [0.717, 1.165) is 9.87 Å². The summed E-state index contributed by atoms with van der Waals surface area (Å²) in [6.07, 6.45) is 1.73. The predicted molar refractivity (Wildman–Crippen MR) is 123 cm³/mol. The standard InChI is InChI=1S/C23H24N4O4S/c1-15-10-11-20(17-7-6-12-24-23(15)17)32(30,31)26(3)14-22(29)27-16(2)13-21(28)25-18-8-4-5-9-19(18)27/h4-12,16H,13-14H2,1-3H3,(H,25,28). The highest BCUT2D eigenvalue weighted by atomic mass is 32.2. The minimum absolute atomic E-state index is 0.0997. The van der Waals surface area contributed by atoms with E-state index in [1.54, 1.807) is 61.7 Å². The molecular formula is C23H24N4O4S. The number of fused-ring (bicyclic) bond motifs is 2. The Morgan fingerprint density at radius 2 is 1.94 bits per heavy atom. The Hall–Kier alpha value is -3.30. The average molecular weight is 453 g/mol. The maximum atomic E-state index is 13.4. The fraction of sp³-hybridized carbons (Fsp3) is 0.261. The Morgan fingerprint density at radius 3 is 2.72 bits per heavy atom. The minimum Gasteiger partial charge on any atom is -0.324 e. The van der Waals surface area contributed by atoms with Crippen molar-refractivity contribution in [3.05, 3.63) is 60.3 Å². The van der Waals surface area contributed by atoms with Gasteiger partial charge in [0, 0.05) is 31.1 Å². The Balaban J connectivity index is 1.67. The number of carbonyl (C=O) groups is 2. The second-order valence-electron chi connectivity index (χ2n) is 7.92. The molecule has 0 fully saturated rings. The molecule has 9 heteroatoms. The van der Waals surface area contributed by atoms with Crippen molar-refractivity contribution in [2.45, 2.75) is 31.2 Å². The van der Waals surface area contributed by atoms with Gasteiger partial charge in [0.05, 0.1) is 28.3 Å². The first-order chi connectivity index (χ1) is 15.2. The molecule has 2 heterocycles. The molecular weight excluding hydrogens is 428 g/mol. The Bertz CT molecular complexity index is 1320. The van der Waals surface area contributed by atoms with E-state index >= 15 is 0 Å². The second kappa shape index (κ2) is 8.33. The third kappa shape index (κ3) is 3.85. The van der Waals surface area contributed by atoms with Crippen LogP contribution in [0.15, 0.2) is 59.6 Å². The van der Waals surface area contributed by atoms with Gasteiger partial charge in [-0.25, -0.2) is 8.42 Å². The topological polar surface area (TPSA) is 99.7 Å². The molecule has 1 aromatic heterocycles. The molecule has 0 saturated carbocycles. The van der Waals surface area contributed by atoms with Crippen LogP contribution in [0, 0.1) is 6.92 Å². The Kier molecular flexibility index (Phi) is 5.70. The molecule has 1 unspecified atom stereocenters. The second-order valence-corrected chi connectivity index (χ2v) is 9.94. The normalized spacial score (nSPS) is 16.6. The van der Waals surface area contributed by atoms with Crippen LogP contribution in [0.25, 0.3) is 10.9 Å². The summed E-state index contributed by atoms with van der Waals surface area (Å²) in [5, 5.41) is 3.31. The first kappa shape index (κ1) is 21.9. The zero-order valence-electron chi connectivity index (χ0n) is 18.1. The molecule has 8 nitrogen and oxygen atoms in total. The number of sulfonamides is 1. The minimum atomic E-state index is -3.97. The summed E-state index contributed by atoms with van der Waals surface area (Å²) in [4.78, 5) is 31.4. The summed E-state index contributed by atoms with van der Waals surface area (Å²) >= 11 is 0. The lowest BCUT2D eigenvalue weighted by molar-refractivity contribution is -0.119. The maximum absolute atomic E-state index is 13.4. The highest BCUT2D eigenvalue weighted by Gasteiger charge is 2.32. The summed E-state index contributed by atoms with van der Waals surface area (Å²) in [5.41, 5.74) is 2.54. The lowest BCUT2D eigenvalue weighted by Gasteiger charge is -2.29. The van der Waals surface area contributed by atoms with Crippen molar-refractivity contribution in [3.63, 3.8) is 0 Å². The lowest BCUT2D eigenvalue weighted by Crippen LogP contribution is -2.45. The van der Waals surface area contributed by atoms with E-state index < -0.39 is 22.0 Å². The molecule has 0 radical (unpaired) electrons. The number of aryl methyl sites for hydroxylation is 1. The molecule has 1 aliphatic rings. The van der Waals surface area contributed by atoms with E-state index in [1.165, 1.54) is 11.9 Å². The van der Waals surface area contributed by atoms with Crippen molar-refractivity contribution in [1.29, 1.82) is 0 Å². The number of nitrogens with one attached hydrogen (secondary N) is 1. The first-order valence-corrected chi connectivity index (χ1v) is 11.7. The fourth-order valence-corrected chi connectivity index (χ4v) is 5.30. The molecule has 2 amide bonds. The number of pyridine rings is 1. The van der Waals surface area contributed by atoms with Crippen LogP contribution in [0.5, 0.6) is 0 Å². The summed E-state index contributed by atoms with van der Waals surface area (Å²) in [5.74, 6) is -0.609. The van der Waals surface area contributed by atoms with Gasteiger partial charge in [-0.3, -0.25) is 14.6 Å². The molecule has 0 spiro atoms. The third-order valence-corrected chi connectivity index (χ3v) is 7.47. The molecule has 1 N–H and O–H groups in total. The van der Waals surface area contributed by atoms with E-state index in [9.17, 15) is 18.0 Å². The van der Waals surface area contributed by atoms with E-state index in [2.05, 4.69) is 10.3 Å². The Morgan fingerprint density at radius 1 is 1.19 bits per heavy atom. The number of aromatic nitrogens is 1. The van der Waals surface area contributed by atoms with Gasteiger partial charge in [0.25, 0.3) is 0 Å². The molecule has 3 aromatic rings. The highest BCUT2D eigenvalue weighted by Crippen LogP contribution is 2.32. The quantitative estimate of drug-likeness (QED) is 0.656. The van der Waals surface area contributed by atoms with Crippen molar-refractivity contribution in [2.75, 3.05) is 23.8 Å². The van der Waals surface area contributed by atoms with Gasteiger partial charge >= 0.3 is 0 Å². The van der Waals surface area contributed by atoms with Crippen molar-refractivity contribution in [1.82, 2.24) is 9.29 Å². The van der Waals surface area contributed by atoms with Gasteiger partial charge in [-0.2, -0.15) is 4.31 Å². The van der Waals surface area contributed by atoms with Gasteiger partial charge < -0.3 is 10.2 Å². The van der Waals surface area contributed by atoms with Crippen molar-refractivity contribution < 1.29 is 18.0 Å². The number of hydrogen-bond donors (Lipinski definition) is 1. The smallest absolute Gasteiger partial charge is 0.243 e. The summed E-state index contributed by atoms with van der Waals surface area (Å²) < 4.78 is 27.8. The van der Waals surface area contributed by atoms with Gasteiger partial charge in [0.15, 0.2) is 0 Å². The van der Waals surface area contributed by atoms with Crippen LogP contribution in [0.3, 0.4) is 0 Å². The maximum Gasteiger partial charge on any atom is 0.243 e. The third-order valence-electron chi connectivity index (χ3n) is 5.61. The van der Waals surface area contributed by atoms with Gasteiger partial charge in [0.2, 0.25) is 21.8 Å². The number of para-hydroxylation sites is 2. The lowest BCUT2D eigenvalue weighted by atomic mass is 10.1. The molecule has 0 aliphatic carbocycles. The first-order valence-electron chi connectivity index (χ1n) is 10.2. The molecule has 4 rings (SSSR count). The molecule has 32 heavy (non-hydrogen) atoms. The Labute approximate surface area is 186 Å². The van der Waals surface area contributed by atoms with Gasteiger partial charge in [-0.05, 0) is 49.7 Å². The van der Waals surface area contributed by atoms with Crippen LogP contribution in [0.2, 0.25) is 0 Å². The molecule has 0 saturated heterocycles. The monoisotopic (exact) mass is 452 g/mol. The number of nitrogens with zero attached hydrogens (tertiary/aromatic N) is 3. The van der Waals surface area contributed by atoms with Crippen LogP contribution in [0.1, 0.15) is 18.9 Å². The van der Waals surface area contributed by atoms with Crippen molar-refractivity contribution in [3.8, 4) is 0 Å². The number of benzene rings is 2. The molecule has 166 valence electrons. The van der Waals surface area contributed by atoms with E-state index in [0.29, 0.717) is 22.3 Å². The van der Waals surface area contributed by atoms with Gasteiger partial charge in [-0.15, -0.1) is 0 Å². The van der Waals surface area contributed by atoms with E-state index in [4.69, 9.17) is 0 Å². The van der Waals surface area contributed by atoms with E-state index in [1.807, 2.05) is 6.92 Å². The number of carbonyl (C=O) groups excluding carboxylic acids is 2. The zero-order chi connectivity index (χ0) is 23.0.